The highest BCUT2D eigenvalue weighted by atomic mass is 32.2. The van der Waals surface area contributed by atoms with Crippen molar-refractivity contribution in [3.05, 3.63) is 76.7 Å². The average molecular weight is 712 g/mol. The van der Waals surface area contributed by atoms with E-state index in [9.17, 15) is 28.3 Å². The number of aliphatic hydroxyl groups is 2. The Labute approximate surface area is 292 Å². The Kier molecular flexibility index (Phi) is 13.9. The van der Waals surface area contributed by atoms with Gasteiger partial charge in [-0.15, -0.1) is 11.8 Å². The Hall–Kier alpha value is -4.38. The molecule has 1 aliphatic carbocycles. The monoisotopic (exact) mass is 711 g/mol. The number of benzene rings is 2. The number of esters is 1. The number of nitrogens with one attached hydrogen (secondary N) is 1. The summed E-state index contributed by atoms with van der Waals surface area (Å²) >= 11 is 0. The average Bonchev–Trinajstić information content (AvgIpc) is 3.78. The van der Waals surface area contributed by atoms with Crippen LogP contribution in [0.3, 0.4) is 0 Å². The summed E-state index contributed by atoms with van der Waals surface area (Å²) in [4.78, 5) is 24.4. The van der Waals surface area contributed by atoms with Crippen LogP contribution in [0.15, 0.2) is 75.2 Å². The Morgan fingerprint density at radius 3 is 2.64 bits per heavy atom. The van der Waals surface area contributed by atoms with Crippen LogP contribution in [0.2, 0.25) is 0 Å². The molecule has 1 aromatic heterocycles. The molecule has 12 nitrogen and oxygen atoms in total. The zero-order valence-electron chi connectivity index (χ0n) is 28.9. The molecule has 0 bridgehead atoms. The van der Waals surface area contributed by atoms with Crippen LogP contribution in [-0.4, -0.2) is 61.3 Å². The molecule has 2 heterocycles. The van der Waals surface area contributed by atoms with Gasteiger partial charge in [0.25, 0.3) is 9.84 Å². The maximum absolute atomic E-state index is 12.9. The fourth-order valence-electron chi connectivity index (χ4n) is 6.17. The first-order chi connectivity index (χ1) is 24.1. The number of hydrogen-bond acceptors (Lipinski definition) is 10. The van der Waals surface area contributed by atoms with E-state index in [1.807, 2.05) is 45.0 Å². The number of hydrogen-bond donors (Lipinski definition) is 3. The van der Waals surface area contributed by atoms with Crippen LogP contribution >= 0.6 is 0 Å². The third kappa shape index (κ3) is 9.04. The maximum atomic E-state index is 12.9. The van der Waals surface area contributed by atoms with E-state index >= 15 is 0 Å². The number of rotatable bonds is 15. The van der Waals surface area contributed by atoms with Crippen LogP contribution in [0.1, 0.15) is 76.8 Å². The first kappa shape index (κ1) is 38.4. The predicted molar refractivity (Wildman–Crippen MR) is 184 cm³/mol. The van der Waals surface area contributed by atoms with Crippen LogP contribution in [0, 0.1) is 28.6 Å². The Morgan fingerprint density at radius 1 is 1.14 bits per heavy atom. The summed E-state index contributed by atoms with van der Waals surface area (Å²) in [6.45, 7) is 7.73. The van der Waals surface area contributed by atoms with E-state index in [1.165, 1.54) is 24.3 Å². The van der Waals surface area contributed by atoms with Gasteiger partial charge in [0.1, 0.15) is 11.9 Å². The molecule has 50 heavy (non-hydrogen) atoms. The van der Waals surface area contributed by atoms with E-state index in [0.717, 1.165) is 16.9 Å². The number of ether oxygens (including phenoxy) is 3. The quantitative estimate of drug-likeness (QED) is 0.0852. The molecule has 0 radical (unpaired) electrons. The number of carbonyl (C=O) groups excluding carboxylic acids is 1. The van der Waals surface area contributed by atoms with Crippen LogP contribution in [-0.2, 0) is 25.8 Å². The molecule has 3 N–H and O–H groups in total. The molecule has 5 rings (SSSR count). The molecule has 1 fully saturated rings. The third-order valence-corrected chi connectivity index (χ3v) is 10.5. The second-order valence-corrected chi connectivity index (χ2v) is 13.9. The molecule has 2 aromatic carbocycles. The summed E-state index contributed by atoms with van der Waals surface area (Å²) < 4.78 is 47.3. The van der Waals surface area contributed by atoms with E-state index in [4.69, 9.17) is 14.2 Å². The van der Waals surface area contributed by atoms with Gasteiger partial charge in [-0.05, 0) is 53.4 Å². The van der Waals surface area contributed by atoms with Gasteiger partial charge in [0.05, 0.1) is 30.3 Å². The minimum absolute atomic E-state index is 0.0191. The van der Waals surface area contributed by atoms with Crippen molar-refractivity contribution in [1.29, 1.82) is 0 Å². The minimum atomic E-state index is -4.19. The summed E-state index contributed by atoms with van der Waals surface area (Å²) in [5.74, 6) is 5.71. The van der Waals surface area contributed by atoms with Gasteiger partial charge in [-0.1, -0.05) is 74.0 Å². The number of carbonyl (C=O) groups is 1. The van der Waals surface area contributed by atoms with E-state index < -0.39 is 27.1 Å². The molecule has 1 aliphatic heterocycles. The number of H-pyrrole nitrogens is 1. The van der Waals surface area contributed by atoms with Gasteiger partial charge < -0.3 is 24.4 Å². The van der Waals surface area contributed by atoms with Gasteiger partial charge in [-0.3, -0.25) is 4.79 Å². The molecule has 3 aromatic rings. The Morgan fingerprint density at radius 2 is 1.90 bits per heavy atom. The maximum Gasteiger partial charge on any atom is 0.404 e. The first-order valence-electron chi connectivity index (χ1n) is 17.1. The second kappa shape index (κ2) is 18.0. The molecule has 5 unspecified atom stereocenters. The molecule has 13 heteroatoms. The van der Waals surface area contributed by atoms with Crippen molar-refractivity contribution in [2.45, 2.75) is 100 Å². The molecule has 6 atom stereocenters. The smallest absolute Gasteiger partial charge is 0.404 e. The lowest BCUT2D eigenvalue weighted by molar-refractivity contribution is -0.744. The largest absolute Gasteiger partial charge is 0.489 e. The number of aromatic nitrogens is 2. The van der Waals surface area contributed by atoms with Crippen LogP contribution in [0.4, 0.5) is 0 Å². The molecule has 0 saturated heterocycles. The highest BCUT2D eigenvalue weighted by Crippen LogP contribution is 2.52. The fourth-order valence-corrected chi connectivity index (χ4v) is 7.49. The lowest BCUT2D eigenvalue weighted by Crippen LogP contribution is -2.21. The number of aliphatic hydroxyl groups excluding tert-OH is 2. The molecule has 270 valence electrons. The molecular weight excluding hydrogens is 664 g/mol. The van der Waals surface area contributed by atoms with Gasteiger partial charge in [0, 0.05) is 43.1 Å². The lowest BCUT2D eigenvalue weighted by Gasteiger charge is -2.19. The second-order valence-electron chi connectivity index (χ2n) is 12.1. The normalized spacial score (nSPS) is 20.4. The van der Waals surface area contributed by atoms with E-state index in [0.29, 0.717) is 25.7 Å². The van der Waals surface area contributed by atoms with Crippen LogP contribution in [0.5, 0.6) is 11.6 Å². The van der Waals surface area contributed by atoms with Crippen molar-refractivity contribution in [3.8, 4) is 23.5 Å². The molecule has 0 amide bonds. The summed E-state index contributed by atoms with van der Waals surface area (Å²) in [6.07, 6.45) is 4.96. The summed E-state index contributed by atoms with van der Waals surface area (Å²) in [5.41, 5.74) is 2.02. The molecule has 2 aliphatic rings. The molecule has 0 spiro atoms. The van der Waals surface area contributed by atoms with Crippen LogP contribution in [0.25, 0.3) is 0 Å². The zero-order chi connectivity index (χ0) is 36.3. The minimum Gasteiger partial charge on any atom is -0.489 e. The van der Waals surface area contributed by atoms with Gasteiger partial charge in [0.2, 0.25) is 4.60 Å². The van der Waals surface area contributed by atoms with Crippen molar-refractivity contribution >= 4 is 15.8 Å². The fraction of sp³-hybridized carbons (Fsp3) is 0.486. The molecular formula is C37H47N2O10S+. The summed E-state index contributed by atoms with van der Waals surface area (Å²) in [7, 11) is -4.19. The van der Waals surface area contributed by atoms with E-state index in [-0.39, 0.29) is 71.3 Å². The first-order valence-corrected chi connectivity index (χ1v) is 18.6. The number of aromatic amines is 1. The van der Waals surface area contributed by atoms with Gasteiger partial charge in [0.15, 0.2) is 0 Å². The van der Waals surface area contributed by atoms with E-state index in [1.54, 1.807) is 19.1 Å². The molecule has 1 saturated carbocycles. The number of nitrogens with zero attached hydrogens (tertiary/aromatic N) is 1. The third-order valence-electron chi connectivity index (χ3n) is 8.72. The zero-order valence-corrected chi connectivity index (χ0v) is 29.7. The standard InChI is InChI=1S/C35H41N2O10S.C2H6/c1-3-4-11-23(2)28(38)19-18-26-29(39)22-30-32(26)27-16-8-12-24(33(27)46-30)13-9-17-31(40)44-20-10-21-45-34-35(37(41)47-36-34)48(42,43)25-14-6-5-7-15-25;1-2/h5-8,12,14-16,18-19,23,26,28-30,32,36,38-39H,9-11,13,17,20-22H2,1-2H3;1-2H3/q+1;/b19-18+;/t23?,26?,28?,29-,30?,32?;/m0./s1. The SMILES string of the molecule is CC.CC#CCC(C)C(O)/C=C/C1C2c3cccc(CCCC(=O)OCCCOc4[nH]o[n+](=O)c4S(=O)(=O)c4ccccc4)c3OC2C[C@@H]1O. The Bertz CT molecular complexity index is 1820. The highest BCUT2D eigenvalue weighted by molar-refractivity contribution is 7.91. The Balaban J connectivity index is 0.00000276. The van der Waals surface area contributed by atoms with Crippen molar-refractivity contribution < 1.29 is 46.9 Å². The summed E-state index contributed by atoms with van der Waals surface area (Å²) in [6, 6.07) is 13.4. The van der Waals surface area contributed by atoms with Gasteiger partial charge >= 0.3 is 16.9 Å². The highest BCUT2D eigenvalue weighted by Gasteiger charge is 2.49. The van der Waals surface area contributed by atoms with Gasteiger partial charge in [-0.25, -0.2) is 8.42 Å². The number of fused-ring (bicyclic) bond motifs is 3. The number of sulfone groups is 1. The topological polar surface area (TPSA) is 171 Å². The predicted octanol–water partition coefficient (Wildman–Crippen LogP) is 4.91. The van der Waals surface area contributed by atoms with E-state index in [2.05, 4.69) is 21.6 Å². The van der Waals surface area contributed by atoms with Gasteiger partial charge in [-0.2, -0.15) is 0 Å². The van der Waals surface area contributed by atoms with Crippen LogP contribution < -0.4 is 14.1 Å². The van der Waals surface area contributed by atoms with Crippen molar-refractivity contribution in [2.24, 2.45) is 11.8 Å². The van der Waals surface area contributed by atoms with Crippen molar-refractivity contribution in [2.75, 3.05) is 13.2 Å². The number of aryl methyl sites for hydroxylation is 1. The number of para-hydroxylation sites is 1. The summed E-state index contributed by atoms with van der Waals surface area (Å²) in [5, 5.41) is 22.8. The lowest BCUT2D eigenvalue weighted by atomic mass is 9.86. The van der Waals surface area contributed by atoms with Crippen molar-refractivity contribution in [1.82, 2.24) is 5.16 Å². The van der Waals surface area contributed by atoms with Crippen molar-refractivity contribution in [3.63, 3.8) is 0 Å².